The first kappa shape index (κ1) is 12.2. The highest BCUT2D eigenvalue weighted by atomic mass is 19.4. The smallest absolute Gasteiger partial charge is 0.356 e. The fourth-order valence-corrected chi connectivity index (χ4v) is 2.26. The number of rotatable bonds is 1. The van der Waals surface area contributed by atoms with Crippen molar-refractivity contribution < 1.29 is 13.2 Å². The number of halogens is 3. The maximum Gasteiger partial charge on any atom is 0.453 e. The highest BCUT2D eigenvalue weighted by Gasteiger charge is 2.37. The SMILES string of the molecule is Cc1cc(N2CCCC2)n2nc(C(F)(F)F)nc2n1. The number of alkyl halides is 3. The molecule has 8 heteroatoms. The van der Waals surface area contributed by atoms with E-state index in [9.17, 15) is 13.2 Å². The van der Waals surface area contributed by atoms with Crippen LogP contribution in [0.4, 0.5) is 19.0 Å². The van der Waals surface area contributed by atoms with Crippen LogP contribution in [-0.2, 0) is 6.18 Å². The standard InChI is InChI=1S/C11H12F3N5/c1-7-6-8(18-4-2-3-5-18)19-10(15-7)16-9(17-19)11(12,13)14/h6H,2-5H2,1H3. The molecule has 3 rings (SSSR count). The van der Waals surface area contributed by atoms with Crippen molar-refractivity contribution in [3.05, 3.63) is 17.6 Å². The number of anilines is 1. The zero-order chi connectivity index (χ0) is 13.6. The van der Waals surface area contributed by atoms with Crippen LogP contribution in [0.5, 0.6) is 0 Å². The van der Waals surface area contributed by atoms with Gasteiger partial charge in [-0.15, -0.1) is 5.10 Å². The molecule has 0 saturated carbocycles. The molecule has 2 aromatic rings. The third kappa shape index (κ3) is 2.11. The van der Waals surface area contributed by atoms with E-state index >= 15 is 0 Å². The molecule has 0 N–H and O–H groups in total. The molecule has 3 heterocycles. The van der Waals surface area contributed by atoms with Crippen LogP contribution < -0.4 is 4.90 Å². The Morgan fingerprint density at radius 2 is 1.84 bits per heavy atom. The second kappa shape index (κ2) is 4.07. The van der Waals surface area contributed by atoms with Crippen LogP contribution in [0.3, 0.4) is 0 Å². The summed E-state index contributed by atoms with van der Waals surface area (Å²) in [5.74, 6) is -0.525. The molecule has 1 aliphatic heterocycles. The van der Waals surface area contributed by atoms with Crippen molar-refractivity contribution >= 4 is 11.6 Å². The van der Waals surface area contributed by atoms with Gasteiger partial charge in [0.25, 0.3) is 11.6 Å². The van der Waals surface area contributed by atoms with Crippen LogP contribution in [-0.4, -0.2) is 32.7 Å². The summed E-state index contributed by atoms with van der Waals surface area (Å²) in [5, 5.41) is 3.55. The summed E-state index contributed by atoms with van der Waals surface area (Å²) >= 11 is 0. The molecule has 0 unspecified atom stereocenters. The molecule has 2 aromatic heterocycles. The molecule has 0 spiro atoms. The zero-order valence-corrected chi connectivity index (χ0v) is 10.3. The van der Waals surface area contributed by atoms with Gasteiger partial charge in [0, 0.05) is 24.8 Å². The minimum absolute atomic E-state index is 0.00535. The van der Waals surface area contributed by atoms with E-state index in [1.54, 1.807) is 13.0 Å². The number of fused-ring (bicyclic) bond motifs is 1. The zero-order valence-electron chi connectivity index (χ0n) is 10.3. The summed E-state index contributed by atoms with van der Waals surface area (Å²) in [7, 11) is 0. The topological polar surface area (TPSA) is 46.3 Å². The molecule has 0 aromatic carbocycles. The molecule has 0 amide bonds. The lowest BCUT2D eigenvalue weighted by Gasteiger charge is -2.18. The molecular weight excluding hydrogens is 259 g/mol. The Balaban J connectivity index is 2.17. The molecule has 1 saturated heterocycles. The molecule has 19 heavy (non-hydrogen) atoms. The van der Waals surface area contributed by atoms with Gasteiger partial charge < -0.3 is 4.90 Å². The van der Waals surface area contributed by atoms with Gasteiger partial charge in [-0.05, 0) is 19.8 Å². The average Bonchev–Trinajstić information content (AvgIpc) is 2.95. The van der Waals surface area contributed by atoms with Crippen molar-refractivity contribution in [2.75, 3.05) is 18.0 Å². The van der Waals surface area contributed by atoms with Gasteiger partial charge in [0.1, 0.15) is 5.82 Å². The first-order valence-electron chi connectivity index (χ1n) is 6.02. The summed E-state index contributed by atoms with van der Waals surface area (Å²) in [4.78, 5) is 9.48. The van der Waals surface area contributed by atoms with Crippen LogP contribution in [0.1, 0.15) is 24.4 Å². The molecule has 102 valence electrons. The van der Waals surface area contributed by atoms with Crippen LogP contribution in [0.15, 0.2) is 6.07 Å². The van der Waals surface area contributed by atoms with E-state index in [1.165, 1.54) is 4.52 Å². The Kier molecular flexibility index (Phi) is 2.61. The van der Waals surface area contributed by atoms with E-state index in [0.29, 0.717) is 11.5 Å². The molecule has 0 bridgehead atoms. The van der Waals surface area contributed by atoms with Gasteiger partial charge in [0.15, 0.2) is 0 Å². The Morgan fingerprint density at radius 3 is 2.47 bits per heavy atom. The summed E-state index contributed by atoms with van der Waals surface area (Å²) in [6.45, 7) is 3.38. The maximum atomic E-state index is 12.7. The maximum absolute atomic E-state index is 12.7. The van der Waals surface area contributed by atoms with Crippen molar-refractivity contribution in [2.45, 2.75) is 25.9 Å². The van der Waals surface area contributed by atoms with E-state index < -0.39 is 12.0 Å². The monoisotopic (exact) mass is 271 g/mol. The van der Waals surface area contributed by atoms with Crippen molar-refractivity contribution in [2.24, 2.45) is 0 Å². The minimum atomic E-state index is -4.55. The third-order valence-electron chi connectivity index (χ3n) is 3.11. The summed E-state index contributed by atoms with van der Waals surface area (Å²) in [6, 6.07) is 1.74. The van der Waals surface area contributed by atoms with Gasteiger partial charge in [0.05, 0.1) is 0 Å². The number of hydrogen-bond acceptors (Lipinski definition) is 4. The quantitative estimate of drug-likeness (QED) is 0.796. The number of aryl methyl sites for hydroxylation is 1. The summed E-state index contributed by atoms with van der Waals surface area (Å²) in [5.41, 5.74) is 0.635. The molecule has 0 aliphatic carbocycles. The fourth-order valence-electron chi connectivity index (χ4n) is 2.26. The van der Waals surface area contributed by atoms with Crippen molar-refractivity contribution in [3.63, 3.8) is 0 Å². The number of nitrogens with zero attached hydrogens (tertiary/aromatic N) is 5. The molecule has 0 radical (unpaired) electrons. The van der Waals surface area contributed by atoms with Crippen LogP contribution in [0.25, 0.3) is 5.78 Å². The highest BCUT2D eigenvalue weighted by molar-refractivity contribution is 5.48. The van der Waals surface area contributed by atoms with Gasteiger partial charge in [-0.2, -0.15) is 22.7 Å². The summed E-state index contributed by atoms with van der Waals surface area (Å²) in [6.07, 6.45) is -2.49. The van der Waals surface area contributed by atoms with Gasteiger partial charge in [-0.1, -0.05) is 0 Å². The van der Waals surface area contributed by atoms with Crippen LogP contribution >= 0.6 is 0 Å². The molecule has 0 atom stereocenters. The normalized spacial score (nSPS) is 16.5. The van der Waals surface area contributed by atoms with E-state index in [2.05, 4.69) is 15.1 Å². The third-order valence-corrected chi connectivity index (χ3v) is 3.11. The van der Waals surface area contributed by atoms with E-state index in [1.807, 2.05) is 4.90 Å². The van der Waals surface area contributed by atoms with Crippen molar-refractivity contribution in [1.29, 1.82) is 0 Å². The largest absolute Gasteiger partial charge is 0.453 e. The van der Waals surface area contributed by atoms with E-state index in [4.69, 9.17) is 0 Å². The number of hydrogen-bond donors (Lipinski definition) is 0. The Hall–Kier alpha value is -1.86. The lowest BCUT2D eigenvalue weighted by atomic mass is 10.4. The van der Waals surface area contributed by atoms with Crippen molar-refractivity contribution in [3.8, 4) is 0 Å². The Bertz CT molecular complexity index is 613. The Labute approximate surface area is 107 Å². The van der Waals surface area contributed by atoms with Crippen molar-refractivity contribution in [1.82, 2.24) is 19.6 Å². The molecule has 1 fully saturated rings. The lowest BCUT2D eigenvalue weighted by Crippen LogP contribution is -2.21. The first-order chi connectivity index (χ1) is 8.95. The molecule has 1 aliphatic rings. The lowest BCUT2D eigenvalue weighted by molar-refractivity contribution is -0.144. The predicted octanol–water partition coefficient (Wildman–Crippen LogP) is 2.05. The Morgan fingerprint density at radius 1 is 1.16 bits per heavy atom. The van der Waals surface area contributed by atoms with E-state index in [0.717, 1.165) is 25.9 Å². The number of aromatic nitrogens is 4. The van der Waals surface area contributed by atoms with Gasteiger partial charge >= 0.3 is 6.18 Å². The minimum Gasteiger partial charge on any atom is -0.356 e. The predicted molar refractivity (Wildman–Crippen MR) is 62.0 cm³/mol. The second-order valence-corrected chi connectivity index (χ2v) is 4.59. The fraction of sp³-hybridized carbons (Fsp3) is 0.545. The van der Waals surface area contributed by atoms with Gasteiger partial charge in [0.2, 0.25) is 0 Å². The first-order valence-corrected chi connectivity index (χ1v) is 6.02. The van der Waals surface area contributed by atoms with Crippen LogP contribution in [0, 0.1) is 6.92 Å². The second-order valence-electron chi connectivity index (χ2n) is 4.59. The molecular formula is C11H12F3N5. The summed E-state index contributed by atoms with van der Waals surface area (Å²) < 4.78 is 39.1. The van der Waals surface area contributed by atoms with Crippen LogP contribution in [0.2, 0.25) is 0 Å². The average molecular weight is 271 g/mol. The molecule has 5 nitrogen and oxygen atoms in total. The highest BCUT2D eigenvalue weighted by Crippen LogP contribution is 2.28. The van der Waals surface area contributed by atoms with Gasteiger partial charge in [-0.25, -0.2) is 4.98 Å². The van der Waals surface area contributed by atoms with Gasteiger partial charge in [-0.3, -0.25) is 0 Å². The van der Waals surface area contributed by atoms with E-state index in [-0.39, 0.29) is 5.78 Å².